The highest BCUT2D eigenvalue weighted by Crippen LogP contribution is 2.21. The molecule has 0 fully saturated rings. The summed E-state index contributed by atoms with van der Waals surface area (Å²) in [5.74, 6) is -0.200. The molecule has 2 nitrogen and oxygen atoms in total. The normalized spacial score (nSPS) is 11.9. The standard InChI is InChI=1S/C17H17BrO2/c1-13(18)16-9-7-14(8-10-16)11-17(19)20-12-15-5-3-2-4-6-15/h2-10,13H,11-12H2,1H3. The van der Waals surface area contributed by atoms with Gasteiger partial charge in [-0.1, -0.05) is 70.5 Å². The van der Waals surface area contributed by atoms with Crippen molar-refractivity contribution in [2.45, 2.75) is 24.8 Å². The lowest BCUT2D eigenvalue weighted by molar-refractivity contribution is -0.144. The first kappa shape index (κ1) is 14.8. The largest absolute Gasteiger partial charge is 0.461 e. The summed E-state index contributed by atoms with van der Waals surface area (Å²) in [7, 11) is 0. The van der Waals surface area contributed by atoms with Crippen LogP contribution >= 0.6 is 15.9 Å². The maximum atomic E-state index is 11.8. The fourth-order valence-corrected chi connectivity index (χ4v) is 2.16. The van der Waals surface area contributed by atoms with Gasteiger partial charge in [-0.25, -0.2) is 0 Å². The summed E-state index contributed by atoms with van der Waals surface area (Å²) < 4.78 is 5.26. The fraction of sp³-hybridized carbons (Fsp3) is 0.235. The van der Waals surface area contributed by atoms with Gasteiger partial charge in [0.05, 0.1) is 6.42 Å². The van der Waals surface area contributed by atoms with Gasteiger partial charge in [0, 0.05) is 4.83 Å². The van der Waals surface area contributed by atoms with Crippen LogP contribution in [0.5, 0.6) is 0 Å². The number of esters is 1. The lowest BCUT2D eigenvalue weighted by atomic mass is 10.1. The van der Waals surface area contributed by atoms with Gasteiger partial charge in [0.1, 0.15) is 6.61 Å². The van der Waals surface area contributed by atoms with Gasteiger partial charge in [0.25, 0.3) is 0 Å². The average molecular weight is 333 g/mol. The molecule has 0 bridgehead atoms. The van der Waals surface area contributed by atoms with E-state index in [1.54, 1.807) is 0 Å². The number of carbonyl (C=O) groups is 1. The average Bonchev–Trinajstić information content (AvgIpc) is 2.47. The summed E-state index contributed by atoms with van der Waals surface area (Å²) >= 11 is 3.52. The van der Waals surface area contributed by atoms with Crippen LogP contribution in [0.2, 0.25) is 0 Å². The number of halogens is 1. The molecule has 2 aromatic rings. The topological polar surface area (TPSA) is 26.3 Å². The maximum Gasteiger partial charge on any atom is 0.310 e. The van der Waals surface area contributed by atoms with E-state index in [1.807, 2.05) is 54.6 Å². The van der Waals surface area contributed by atoms with Gasteiger partial charge in [-0.05, 0) is 23.6 Å². The van der Waals surface area contributed by atoms with Crippen molar-refractivity contribution in [1.29, 1.82) is 0 Å². The molecule has 0 saturated carbocycles. The van der Waals surface area contributed by atoms with Crippen molar-refractivity contribution in [3.63, 3.8) is 0 Å². The molecule has 0 aliphatic carbocycles. The molecule has 0 saturated heterocycles. The maximum absolute atomic E-state index is 11.8. The molecule has 0 aromatic heterocycles. The van der Waals surface area contributed by atoms with E-state index in [-0.39, 0.29) is 5.97 Å². The zero-order chi connectivity index (χ0) is 14.4. The molecule has 104 valence electrons. The molecule has 0 heterocycles. The minimum Gasteiger partial charge on any atom is -0.461 e. The molecule has 3 heteroatoms. The van der Waals surface area contributed by atoms with E-state index in [1.165, 1.54) is 5.56 Å². The van der Waals surface area contributed by atoms with Crippen molar-refractivity contribution in [3.05, 3.63) is 71.3 Å². The number of carbonyl (C=O) groups excluding carboxylic acids is 1. The highest BCUT2D eigenvalue weighted by Gasteiger charge is 2.06. The summed E-state index contributed by atoms with van der Waals surface area (Å²) in [5, 5.41) is 0. The van der Waals surface area contributed by atoms with Crippen molar-refractivity contribution >= 4 is 21.9 Å². The molecule has 2 rings (SSSR count). The Morgan fingerprint density at radius 1 is 1.05 bits per heavy atom. The van der Waals surface area contributed by atoms with Crippen LogP contribution in [-0.2, 0) is 22.6 Å². The first-order valence-corrected chi connectivity index (χ1v) is 7.49. The lowest BCUT2D eigenvalue weighted by Gasteiger charge is -2.07. The third kappa shape index (κ3) is 4.49. The Balaban J connectivity index is 1.85. The molecule has 2 aromatic carbocycles. The SMILES string of the molecule is CC(Br)c1ccc(CC(=O)OCc2ccccc2)cc1. The number of hydrogen-bond donors (Lipinski definition) is 0. The van der Waals surface area contributed by atoms with E-state index in [4.69, 9.17) is 4.74 Å². The lowest BCUT2D eigenvalue weighted by Crippen LogP contribution is -2.08. The predicted octanol–water partition coefficient (Wildman–Crippen LogP) is 4.43. The van der Waals surface area contributed by atoms with Gasteiger partial charge in [0.2, 0.25) is 0 Å². The van der Waals surface area contributed by atoms with Gasteiger partial charge >= 0.3 is 5.97 Å². The summed E-state index contributed by atoms with van der Waals surface area (Å²) in [5.41, 5.74) is 3.18. The molecule has 1 atom stereocenters. The van der Waals surface area contributed by atoms with Crippen LogP contribution in [0, 0.1) is 0 Å². The Hall–Kier alpha value is -1.61. The third-order valence-corrected chi connectivity index (χ3v) is 3.56. The zero-order valence-electron chi connectivity index (χ0n) is 11.4. The Morgan fingerprint density at radius 2 is 1.70 bits per heavy atom. The molecule has 20 heavy (non-hydrogen) atoms. The monoisotopic (exact) mass is 332 g/mol. The summed E-state index contributed by atoms with van der Waals surface area (Å²) in [6, 6.07) is 17.7. The van der Waals surface area contributed by atoms with E-state index >= 15 is 0 Å². The van der Waals surface area contributed by atoms with Crippen LogP contribution in [-0.4, -0.2) is 5.97 Å². The molecule has 0 aliphatic rings. The van der Waals surface area contributed by atoms with Crippen LogP contribution in [0.4, 0.5) is 0 Å². The fourth-order valence-electron chi connectivity index (χ4n) is 1.86. The van der Waals surface area contributed by atoms with E-state index in [2.05, 4.69) is 22.9 Å². The number of rotatable bonds is 5. The summed E-state index contributed by atoms with van der Waals surface area (Å²) in [4.78, 5) is 12.1. The van der Waals surface area contributed by atoms with Gasteiger partial charge < -0.3 is 4.74 Å². The quantitative estimate of drug-likeness (QED) is 0.598. The van der Waals surface area contributed by atoms with Crippen molar-refractivity contribution in [1.82, 2.24) is 0 Å². The molecular weight excluding hydrogens is 316 g/mol. The number of hydrogen-bond acceptors (Lipinski definition) is 2. The summed E-state index contributed by atoms with van der Waals surface area (Å²) in [6.07, 6.45) is 0.309. The van der Waals surface area contributed by atoms with E-state index in [9.17, 15) is 4.79 Å². The highest BCUT2D eigenvalue weighted by molar-refractivity contribution is 9.09. The molecule has 1 unspecified atom stereocenters. The van der Waals surface area contributed by atoms with Crippen molar-refractivity contribution in [2.75, 3.05) is 0 Å². The van der Waals surface area contributed by atoms with Gasteiger partial charge in [-0.15, -0.1) is 0 Å². The molecule has 0 spiro atoms. The Labute approximate surface area is 127 Å². The van der Waals surface area contributed by atoms with Gasteiger partial charge in [-0.3, -0.25) is 4.79 Å². The second kappa shape index (κ2) is 7.25. The number of benzene rings is 2. The van der Waals surface area contributed by atoms with E-state index in [0.29, 0.717) is 17.9 Å². The number of alkyl halides is 1. The van der Waals surface area contributed by atoms with Crippen LogP contribution in [0.1, 0.15) is 28.4 Å². The molecule has 0 aliphatic heterocycles. The first-order chi connectivity index (χ1) is 9.65. The Morgan fingerprint density at radius 3 is 2.30 bits per heavy atom. The van der Waals surface area contributed by atoms with Gasteiger partial charge in [-0.2, -0.15) is 0 Å². The van der Waals surface area contributed by atoms with Crippen LogP contribution < -0.4 is 0 Å². The smallest absolute Gasteiger partial charge is 0.310 e. The Bertz CT molecular complexity index is 547. The Kier molecular flexibility index (Phi) is 5.36. The molecule has 0 N–H and O–H groups in total. The van der Waals surface area contributed by atoms with E-state index in [0.717, 1.165) is 11.1 Å². The van der Waals surface area contributed by atoms with Crippen LogP contribution in [0.3, 0.4) is 0 Å². The van der Waals surface area contributed by atoms with Crippen molar-refractivity contribution in [3.8, 4) is 0 Å². The van der Waals surface area contributed by atoms with Crippen LogP contribution in [0.15, 0.2) is 54.6 Å². The molecule has 0 amide bonds. The molecule has 0 radical (unpaired) electrons. The minimum atomic E-state index is -0.200. The first-order valence-electron chi connectivity index (χ1n) is 6.57. The number of ether oxygens (including phenoxy) is 1. The van der Waals surface area contributed by atoms with E-state index < -0.39 is 0 Å². The van der Waals surface area contributed by atoms with Crippen molar-refractivity contribution < 1.29 is 9.53 Å². The second-order valence-electron chi connectivity index (χ2n) is 4.68. The molecular formula is C17H17BrO2. The van der Waals surface area contributed by atoms with Crippen LogP contribution in [0.25, 0.3) is 0 Å². The third-order valence-electron chi connectivity index (χ3n) is 3.03. The minimum absolute atomic E-state index is 0.200. The second-order valence-corrected chi connectivity index (χ2v) is 6.05. The summed E-state index contributed by atoms with van der Waals surface area (Å²) in [6.45, 7) is 2.40. The van der Waals surface area contributed by atoms with Gasteiger partial charge in [0.15, 0.2) is 0 Å². The highest BCUT2D eigenvalue weighted by atomic mass is 79.9. The van der Waals surface area contributed by atoms with Crippen molar-refractivity contribution in [2.24, 2.45) is 0 Å². The predicted molar refractivity (Wildman–Crippen MR) is 83.7 cm³/mol. The zero-order valence-corrected chi connectivity index (χ0v) is 13.0.